The van der Waals surface area contributed by atoms with Gasteiger partial charge >= 0.3 is 5.97 Å². The highest BCUT2D eigenvalue weighted by atomic mass is 16.5. The van der Waals surface area contributed by atoms with E-state index in [0.717, 1.165) is 19.3 Å². The van der Waals surface area contributed by atoms with Crippen molar-refractivity contribution >= 4 is 5.97 Å². The lowest BCUT2D eigenvalue weighted by molar-refractivity contribution is -0.170. The first-order chi connectivity index (χ1) is 7.65. The van der Waals surface area contributed by atoms with Crippen LogP contribution in [0, 0.1) is 10.8 Å². The molecule has 100 valence electrons. The molecule has 0 heterocycles. The number of carbonyl (C=O) groups excluding carboxylic acids is 1. The summed E-state index contributed by atoms with van der Waals surface area (Å²) >= 11 is 0. The topological polar surface area (TPSA) is 46.5 Å². The Hall–Kier alpha value is -0.570. The maximum absolute atomic E-state index is 11.8. The first-order valence-electron chi connectivity index (χ1n) is 6.45. The van der Waals surface area contributed by atoms with Gasteiger partial charge < -0.3 is 9.84 Å². The fourth-order valence-electron chi connectivity index (χ4n) is 2.72. The third-order valence-corrected chi connectivity index (χ3v) is 4.52. The Morgan fingerprint density at radius 3 is 2.29 bits per heavy atom. The van der Waals surface area contributed by atoms with Gasteiger partial charge in [0.25, 0.3) is 0 Å². The highest BCUT2D eigenvalue weighted by molar-refractivity contribution is 5.77. The minimum absolute atomic E-state index is 0.261. The van der Waals surface area contributed by atoms with Crippen molar-refractivity contribution in [3.63, 3.8) is 0 Å². The summed E-state index contributed by atoms with van der Waals surface area (Å²) in [6, 6.07) is 0. The first kappa shape index (κ1) is 14.5. The molecule has 0 aromatic heterocycles. The normalized spacial score (nSPS) is 29.5. The van der Waals surface area contributed by atoms with E-state index >= 15 is 0 Å². The van der Waals surface area contributed by atoms with Gasteiger partial charge in [0.1, 0.15) is 0 Å². The zero-order valence-corrected chi connectivity index (χ0v) is 11.8. The average molecular weight is 242 g/mol. The second-order valence-corrected chi connectivity index (χ2v) is 6.67. The van der Waals surface area contributed by atoms with Gasteiger partial charge in [-0.25, -0.2) is 0 Å². The van der Waals surface area contributed by atoms with Gasteiger partial charge in [0, 0.05) is 0 Å². The van der Waals surface area contributed by atoms with Crippen LogP contribution in [0.1, 0.15) is 59.8 Å². The van der Waals surface area contributed by atoms with E-state index in [2.05, 4.69) is 13.8 Å². The number of rotatable bonds is 2. The predicted octanol–water partition coefficient (Wildman–Crippen LogP) is 2.91. The Morgan fingerprint density at radius 1 is 1.18 bits per heavy atom. The summed E-state index contributed by atoms with van der Waals surface area (Å²) in [7, 11) is 1.38. The molecule has 0 aromatic rings. The van der Waals surface area contributed by atoms with E-state index in [9.17, 15) is 9.90 Å². The van der Waals surface area contributed by atoms with E-state index in [1.165, 1.54) is 7.11 Å². The van der Waals surface area contributed by atoms with Crippen LogP contribution in [-0.4, -0.2) is 23.8 Å². The van der Waals surface area contributed by atoms with Crippen molar-refractivity contribution in [3.8, 4) is 0 Å². The molecule has 1 unspecified atom stereocenters. The maximum atomic E-state index is 11.8. The van der Waals surface area contributed by atoms with Gasteiger partial charge in [0.05, 0.1) is 18.1 Å². The summed E-state index contributed by atoms with van der Waals surface area (Å²) in [4.78, 5) is 11.8. The summed E-state index contributed by atoms with van der Waals surface area (Å²) in [6.45, 7) is 8.03. The van der Waals surface area contributed by atoms with Crippen molar-refractivity contribution in [1.29, 1.82) is 0 Å². The highest BCUT2D eigenvalue weighted by Gasteiger charge is 2.50. The van der Waals surface area contributed by atoms with E-state index in [1.807, 2.05) is 0 Å². The molecule has 0 spiro atoms. The number of hydrogen-bond acceptors (Lipinski definition) is 3. The molecule has 0 amide bonds. The lowest BCUT2D eigenvalue weighted by Crippen LogP contribution is -2.50. The van der Waals surface area contributed by atoms with E-state index in [-0.39, 0.29) is 11.4 Å². The SMILES string of the molecule is COC(=O)C(C)(C)C1(O)CCCC(C)(C)CC1. The quantitative estimate of drug-likeness (QED) is 0.598. The Balaban J connectivity index is 2.91. The van der Waals surface area contributed by atoms with Gasteiger partial charge in [0.2, 0.25) is 0 Å². The smallest absolute Gasteiger partial charge is 0.314 e. The lowest BCUT2D eigenvalue weighted by atomic mass is 9.70. The van der Waals surface area contributed by atoms with Crippen LogP contribution in [-0.2, 0) is 9.53 Å². The Kier molecular flexibility index (Phi) is 3.92. The molecule has 3 nitrogen and oxygen atoms in total. The van der Waals surface area contributed by atoms with E-state index in [4.69, 9.17) is 4.74 Å². The molecule has 1 rings (SSSR count). The molecule has 0 bridgehead atoms. The summed E-state index contributed by atoms with van der Waals surface area (Å²) in [5.41, 5.74) is -1.51. The van der Waals surface area contributed by atoms with Crippen LogP contribution in [0.2, 0.25) is 0 Å². The number of hydrogen-bond donors (Lipinski definition) is 1. The average Bonchev–Trinajstić information content (AvgIpc) is 2.38. The standard InChI is InChI=1S/C14H26O3/c1-12(2)7-6-8-14(16,10-9-12)13(3,4)11(15)17-5/h16H,6-10H2,1-5H3. The fourth-order valence-corrected chi connectivity index (χ4v) is 2.72. The molecule has 3 heteroatoms. The van der Waals surface area contributed by atoms with E-state index in [0.29, 0.717) is 12.8 Å². The third kappa shape index (κ3) is 2.82. The van der Waals surface area contributed by atoms with Gasteiger partial charge in [0.15, 0.2) is 0 Å². The molecule has 0 aliphatic heterocycles. The van der Waals surface area contributed by atoms with E-state index < -0.39 is 11.0 Å². The number of carbonyl (C=O) groups is 1. The Morgan fingerprint density at radius 2 is 1.76 bits per heavy atom. The van der Waals surface area contributed by atoms with Crippen LogP contribution in [0.5, 0.6) is 0 Å². The van der Waals surface area contributed by atoms with Crippen LogP contribution in [0.15, 0.2) is 0 Å². The molecule has 1 saturated carbocycles. The second-order valence-electron chi connectivity index (χ2n) is 6.67. The van der Waals surface area contributed by atoms with Gasteiger partial charge in [-0.1, -0.05) is 20.3 Å². The number of methoxy groups -OCH3 is 1. The molecule has 1 N–H and O–H groups in total. The van der Waals surface area contributed by atoms with Gasteiger partial charge in [-0.3, -0.25) is 4.79 Å². The minimum Gasteiger partial charge on any atom is -0.469 e. The van der Waals surface area contributed by atoms with Crippen molar-refractivity contribution in [2.75, 3.05) is 7.11 Å². The monoisotopic (exact) mass is 242 g/mol. The summed E-state index contributed by atoms with van der Waals surface area (Å²) in [5, 5.41) is 10.8. The molecule has 0 saturated heterocycles. The molecular weight excluding hydrogens is 216 g/mol. The van der Waals surface area contributed by atoms with Gasteiger partial charge in [-0.15, -0.1) is 0 Å². The molecule has 1 atom stereocenters. The minimum atomic E-state index is -0.937. The Bertz CT molecular complexity index is 294. The molecule has 0 radical (unpaired) electrons. The van der Waals surface area contributed by atoms with Crippen LogP contribution in [0.4, 0.5) is 0 Å². The second kappa shape index (κ2) is 4.60. The number of esters is 1. The van der Waals surface area contributed by atoms with Crippen LogP contribution in [0.25, 0.3) is 0 Å². The molecule has 0 aromatic carbocycles. The summed E-state index contributed by atoms with van der Waals surface area (Å²) in [6.07, 6.45) is 4.36. The highest BCUT2D eigenvalue weighted by Crippen LogP contribution is 2.46. The molecule has 1 aliphatic rings. The van der Waals surface area contributed by atoms with Gasteiger partial charge in [-0.2, -0.15) is 0 Å². The molecule has 1 fully saturated rings. The maximum Gasteiger partial charge on any atom is 0.314 e. The fraction of sp³-hybridized carbons (Fsp3) is 0.929. The Labute approximate surface area is 105 Å². The van der Waals surface area contributed by atoms with Crippen LogP contribution < -0.4 is 0 Å². The van der Waals surface area contributed by atoms with Gasteiger partial charge in [-0.05, 0) is 44.9 Å². The zero-order valence-electron chi connectivity index (χ0n) is 11.8. The lowest BCUT2D eigenvalue weighted by Gasteiger charge is -2.40. The van der Waals surface area contributed by atoms with Crippen LogP contribution in [0.3, 0.4) is 0 Å². The third-order valence-electron chi connectivity index (χ3n) is 4.52. The van der Waals surface area contributed by atoms with E-state index in [1.54, 1.807) is 13.8 Å². The van der Waals surface area contributed by atoms with Crippen molar-refractivity contribution in [1.82, 2.24) is 0 Å². The van der Waals surface area contributed by atoms with Crippen molar-refractivity contribution < 1.29 is 14.6 Å². The molecule has 1 aliphatic carbocycles. The van der Waals surface area contributed by atoms with Crippen LogP contribution >= 0.6 is 0 Å². The first-order valence-corrected chi connectivity index (χ1v) is 6.45. The number of aliphatic hydroxyl groups is 1. The van der Waals surface area contributed by atoms with Crippen molar-refractivity contribution in [2.45, 2.75) is 65.4 Å². The largest absolute Gasteiger partial charge is 0.469 e. The van der Waals surface area contributed by atoms with Crippen molar-refractivity contribution in [3.05, 3.63) is 0 Å². The van der Waals surface area contributed by atoms with Crippen molar-refractivity contribution in [2.24, 2.45) is 10.8 Å². The number of ether oxygens (including phenoxy) is 1. The summed E-state index contributed by atoms with van der Waals surface area (Å²) in [5.74, 6) is -0.320. The summed E-state index contributed by atoms with van der Waals surface area (Å²) < 4.78 is 4.83. The predicted molar refractivity (Wildman–Crippen MR) is 67.6 cm³/mol. The molecule has 17 heavy (non-hydrogen) atoms. The molecular formula is C14H26O3. The zero-order chi connectivity index (χ0) is 13.3.